The second kappa shape index (κ2) is 22.1. The van der Waals surface area contributed by atoms with Crippen molar-refractivity contribution in [3.63, 3.8) is 0 Å². The van der Waals surface area contributed by atoms with Crippen molar-refractivity contribution in [2.75, 3.05) is 40.1 Å². The molecule has 0 radical (unpaired) electrons. The Balaban J connectivity index is 1.34. The van der Waals surface area contributed by atoms with Crippen LogP contribution in [0.3, 0.4) is 0 Å². The van der Waals surface area contributed by atoms with Gasteiger partial charge >= 0.3 is 0 Å². The summed E-state index contributed by atoms with van der Waals surface area (Å²) >= 11 is 0. The number of methoxy groups -OCH3 is 1. The fraction of sp³-hybridized carbons (Fsp3) is 0.525. The van der Waals surface area contributed by atoms with E-state index in [9.17, 15) is 4.79 Å². The zero-order chi connectivity index (χ0) is 33.7. The highest BCUT2D eigenvalue weighted by Crippen LogP contribution is 2.32. The predicted octanol–water partition coefficient (Wildman–Crippen LogP) is 8.88. The van der Waals surface area contributed by atoms with Gasteiger partial charge in [-0.2, -0.15) is 0 Å². The lowest BCUT2D eigenvalue weighted by Gasteiger charge is -2.18. The van der Waals surface area contributed by atoms with Gasteiger partial charge in [0, 0.05) is 23.7 Å². The summed E-state index contributed by atoms with van der Waals surface area (Å²) in [6, 6.07) is 19.0. The van der Waals surface area contributed by atoms with Crippen molar-refractivity contribution < 1.29 is 23.7 Å². The number of aryl methyl sites for hydroxylation is 1. The fourth-order valence-corrected chi connectivity index (χ4v) is 5.57. The number of hydrogen-bond donors (Lipinski definition) is 2. The lowest BCUT2D eigenvalue weighted by atomic mass is 9.98. The van der Waals surface area contributed by atoms with Gasteiger partial charge in [-0.1, -0.05) is 101 Å². The first-order chi connectivity index (χ1) is 22.9. The highest BCUT2D eigenvalue weighted by atomic mass is 16.5. The normalized spacial score (nSPS) is 11.7. The van der Waals surface area contributed by atoms with Crippen LogP contribution in [0.5, 0.6) is 17.2 Å². The van der Waals surface area contributed by atoms with Gasteiger partial charge in [-0.3, -0.25) is 4.79 Å². The van der Waals surface area contributed by atoms with E-state index in [0.717, 1.165) is 34.4 Å². The quantitative estimate of drug-likeness (QED) is 0.0945. The molecule has 0 aliphatic rings. The van der Waals surface area contributed by atoms with Gasteiger partial charge < -0.3 is 30.0 Å². The largest absolute Gasteiger partial charge is 0.497 e. The molecule has 47 heavy (non-hydrogen) atoms. The van der Waals surface area contributed by atoms with Gasteiger partial charge in [0.25, 0.3) is 5.91 Å². The second-order valence-corrected chi connectivity index (χ2v) is 12.3. The van der Waals surface area contributed by atoms with E-state index in [-0.39, 0.29) is 11.9 Å². The zero-order valence-electron chi connectivity index (χ0n) is 29.3. The number of ether oxygens (including phenoxy) is 4. The minimum atomic E-state index is -0.325. The summed E-state index contributed by atoms with van der Waals surface area (Å²) in [6.45, 7) is 8.48. The number of benzene rings is 3. The van der Waals surface area contributed by atoms with Gasteiger partial charge in [-0.05, 0) is 61.2 Å². The van der Waals surface area contributed by atoms with Crippen molar-refractivity contribution in [2.24, 2.45) is 5.73 Å². The summed E-state index contributed by atoms with van der Waals surface area (Å²) in [5, 5.41) is 2.96. The Morgan fingerprint density at radius 3 is 2.09 bits per heavy atom. The molecule has 0 aliphatic carbocycles. The average Bonchev–Trinajstić information content (AvgIpc) is 3.09. The first-order valence-electron chi connectivity index (χ1n) is 17.7. The third-order valence-corrected chi connectivity index (χ3v) is 8.62. The highest BCUT2D eigenvalue weighted by Gasteiger charge is 2.16. The molecule has 3 aromatic rings. The number of rotatable bonds is 24. The molecule has 3 N–H and O–H groups in total. The first-order valence-corrected chi connectivity index (χ1v) is 17.7. The molecule has 0 aromatic heterocycles. The highest BCUT2D eigenvalue weighted by molar-refractivity contribution is 5.95. The minimum absolute atomic E-state index is 0.136. The zero-order valence-corrected chi connectivity index (χ0v) is 29.3. The van der Waals surface area contributed by atoms with Crippen LogP contribution in [0, 0.1) is 13.8 Å². The van der Waals surface area contributed by atoms with E-state index in [1.807, 2.05) is 74.5 Å². The van der Waals surface area contributed by atoms with E-state index in [0.29, 0.717) is 50.0 Å². The maximum Gasteiger partial charge on any atom is 0.251 e. The van der Waals surface area contributed by atoms with Gasteiger partial charge in [0.05, 0.1) is 33.0 Å². The van der Waals surface area contributed by atoms with E-state index in [1.165, 1.54) is 64.2 Å². The molecule has 1 unspecified atom stereocenters. The van der Waals surface area contributed by atoms with Crippen LogP contribution in [-0.2, 0) is 4.74 Å². The van der Waals surface area contributed by atoms with E-state index in [1.54, 1.807) is 7.11 Å². The van der Waals surface area contributed by atoms with Crippen LogP contribution >= 0.6 is 0 Å². The predicted molar refractivity (Wildman–Crippen MR) is 192 cm³/mol. The summed E-state index contributed by atoms with van der Waals surface area (Å²) in [6.07, 6.45) is 14.3. The maximum atomic E-state index is 12.9. The molecule has 0 heterocycles. The summed E-state index contributed by atoms with van der Waals surface area (Å²) in [4.78, 5) is 12.9. The minimum Gasteiger partial charge on any atom is -0.497 e. The molecule has 7 nitrogen and oxygen atoms in total. The van der Waals surface area contributed by atoms with E-state index in [4.69, 9.17) is 24.7 Å². The van der Waals surface area contributed by atoms with Crippen LogP contribution in [0.4, 0.5) is 0 Å². The van der Waals surface area contributed by atoms with Gasteiger partial charge in [0.1, 0.15) is 23.9 Å². The molecular weight excluding hydrogens is 588 g/mol. The lowest BCUT2D eigenvalue weighted by Crippen LogP contribution is -2.28. The number of nitrogens with two attached hydrogens (primary N) is 1. The van der Waals surface area contributed by atoms with Crippen molar-refractivity contribution in [2.45, 2.75) is 97.4 Å². The second-order valence-electron chi connectivity index (χ2n) is 12.3. The van der Waals surface area contributed by atoms with Crippen molar-refractivity contribution in [3.05, 3.63) is 88.5 Å². The Bertz CT molecular complexity index is 1310. The van der Waals surface area contributed by atoms with E-state index in [2.05, 4.69) is 12.2 Å². The summed E-state index contributed by atoms with van der Waals surface area (Å²) in [5.41, 5.74) is 11.2. The summed E-state index contributed by atoms with van der Waals surface area (Å²) in [5.74, 6) is 2.01. The first kappa shape index (κ1) is 37.9. The fourth-order valence-electron chi connectivity index (χ4n) is 5.57. The maximum absolute atomic E-state index is 12.9. The molecule has 7 heteroatoms. The number of hydrogen-bond acceptors (Lipinski definition) is 6. The number of unbranched alkanes of at least 4 members (excludes halogenated alkanes) is 10. The van der Waals surface area contributed by atoms with Crippen molar-refractivity contribution >= 4 is 5.91 Å². The standard InChI is InChI=1S/C40H58N2O5/c1-5-6-7-8-9-10-11-12-13-14-18-24-46-37-29-34(28-31(2)32(37)3)40(43)42-23-25-45-26-27-47-38-30-35(44-4)21-22-36(38)39(41)33-19-16-15-17-20-33/h15-17,19-22,28-30,39H,5-14,18,23-27,41H2,1-4H3,(H,42,43). The number of amides is 1. The van der Waals surface area contributed by atoms with Crippen LogP contribution in [0.15, 0.2) is 60.7 Å². The summed E-state index contributed by atoms with van der Waals surface area (Å²) in [7, 11) is 1.62. The molecular formula is C40H58N2O5. The monoisotopic (exact) mass is 646 g/mol. The molecule has 0 saturated carbocycles. The van der Waals surface area contributed by atoms with Crippen molar-refractivity contribution in [3.8, 4) is 17.2 Å². The summed E-state index contributed by atoms with van der Waals surface area (Å²) < 4.78 is 23.3. The van der Waals surface area contributed by atoms with Crippen LogP contribution in [0.1, 0.15) is 116 Å². The average molecular weight is 647 g/mol. The molecule has 0 aliphatic heterocycles. The Hall–Kier alpha value is -3.55. The molecule has 0 bridgehead atoms. The molecule has 0 saturated heterocycles. The molecule has 1 amide bonds. The van der Waals surface area contributed by atoms with Gasteiger partial charge in [-0.25, -0.2) is 0 Å². The van der Waals surface area contributed by atoms with Gasteiger partial charge in [0.2, 0.25) is 0 Å². The Kier molecular flexibility index (Phi) is 17.8. The van der Waals surface area contributed by atoms with Crippen molar-refractivity contribution in [1.29, 1.82) is 0 Å². The molecule has 0 fully saturated rings. The van der Waals surface area contributed by atoms with Gasteiger partial charge in [-0.15, -0.1) is 0 Å². The third-order valence-electron chi connectivity index (χ3n) is 8.62. The SMILES string of the molecule is CCCCCCCCCCCCCOc1cc(C(=O)NCCOCCOc2cc(OC)ccc2C(N)c2ccccc2)cc(C)c1C. The van der Waals surface area contributed by atoms with Crippen LogP contribution < -0.4 is 25.3 Å². The third kappa shape index (κ3) is 13.6. The van der Waals surface area contributed by atoms with E-state index < -0.39 is 0 Å². The number of carbonyl (C=O) groups is 1. The smallest absolute Gasteiger partial charge is 0.251 e. The molecule has 1 atom stereocenters. The van der Waals surface area contributed by atoms with Crippen LogP contribution in [-0.4, -0.2) is 46.0 Å². The Morgan fingerprint density at radius 2 is 1.40 bits per heavy atom. The number of nitrogens with one attached hydrogen (secondary N) is 1. The lowest BCUT2D eigenvalue weighted by molar-refractivity contribution is 0.0865. The number of carbonyl (C=O) groups excluding carboxylic acids is 1. The van der Waals surface area contributed by atoms with Gasteiger partial charge in [0.15, 0.2) is 0 Å². The molecule has 3 rings (SSSR count). The molecule has 3 aromatic carbocycles. The molecule has 258 valence electrons. The Labute approximate surface area is 283 Å². The topological polar surface area (TPSA) is 92.0 Å². The van der Waals surface area contributed by atoms with E-state index >= 15 is 0 Å². The molecule has 0 spiro atoms. The van der Waals surface area contributed by atoms with Crippen molar-refractivity contribution in [1.82, 2.24) is 5.32 Å². The van der Waals surface area contributed by atoms with Crippen LogP contribution in [0.25, 0.3) is 0 Å². The Morgan fingerprint density at radius 1 is 0.745 bits per heavy atom. The van der Waals surface area contributed by atoms with Crippen LogP contribution in [0.2, 0.25) is 0 Å².